The average molecular weight is 380 g/mol. The van der Waals surface area contributed by atoms with Crippen molar-refractivity contribution in [1.29, 1.82) is 0 Å². The first-order valence-electron chi connectivity index (χ1n) is 9.54. The number of alkyl halides is 2. The molecule has 1 N–H and O–H groups in total. The predicted molar refractivity (Wildman–Crippen MR) is 92.8 cm³/mol. The van der Waals surface area contributed by atoms with Gasteiger partial charge in [-0.3, -0.25) is 9.59 Å². The molecule has 4 nitrogen and oxygen atoms in total. The first kappa shape index (κ1) is 18.3. The molecular weight excluding hydrogens is 357 g/mol. The van der Waals surface area contributed by atoms with Crippen molar-refractivity contribution in [3.8, 4) is 0 Å². The summed E-state index contributed by atoms with van der Waals surface area (Å²) in [6, 6.07) is 4.52. The Balaban J connectivity index is 1.45. The summed E-state index contributed by atoms with van der Waals surface area (Å²) in [5.41, 5.74) is -0.0632. The number of likely N-dealkylation sites (tertiary alicyclic amines) is 1. The lowest BCUT2D eigenvalue weighted by Gasteiger charge is -2.39. The Morgan fingerprint density at radius 3 is 2.63 bits per heavy atom. The summed E-state index contributed by atoms with van der Waals surface area (Å²) in [4.78, 5) is 27.0. The monoisotopic (exact) mass is 380 g/mol. The van der Waals surface area contributed by atoms with Gasteiger partial charge in [-0.25, -0.2) is 13.2 Å². The number of nitrogens with one attached hydrogen (secondary N) is 1. The van der Waals surface area contributed by atoms with E-state index in [0.29, 0.717) is 37.9 Å². The largest absolute Gasteiger partial charge is 0.347 e. The zero-order chi connectivity index (χ0) is 19.2. The van der Waals surface area contributed by atoms with Gasteiger partial charge in [0.1, 0.15) is 5.82 Å². The van der Waals surface area contributed by atoms with Gasteiger partial charge >= 0.3 is 0 Å². The highest BCUT2D eigenvalue weighted by molar-refractivity contribution is 5.94. The molecule has 0 unspecified atom stereocenters. The van der Waals surface area contributed by atoms with Crippen molar-refractivity contribution < 1.29 is 22.8 Å². The number of amides is 2. The normalized spacial score (nSPS) is 31.7. The van der Waals surface area contributed by atoms with E-state index in [1.54, 1.807) is 11.0 Å². The lowest BCUT2D eigenvalue weighted by Crippen LogP contribution is -2.57. The van der Waals surface area contributed by atoms with Crippen molar-refractivity contribution in [2.75, 3.05) is 13.1 Å². The van der Waals surface area contributed by atoms with E-state index in [0.717, 1.165) is 12.8 Å². The fourth-order valence-corrected chi connectivity index (χ4v) is 4.87. The minimum absolute atomic E-state index is 0.177. The molecule has 1 aromatic carbocycles. The fourth-order valence-electron chi connectivity index (χ4n) is 4.87. The van der Waals surface area contributed by atoms with E-state index >= 15 is 0 Å². The number of rotatable bonds is 3. The maximum Gasteiger partial charge on any atom is 0.267 e. The molecule has 2 amide bonds. The highest BCUT2D eigenvalue weighted by Crippen LogP contribution is 2.50. The third kappa shape index (κ3) is 3.21. The maximum absolute atomic E-state index is 13.5. The summed E-state index contributed by atoms with van der Waals surface area (Å²) >= 11 is 0. The van der Waals surface area contributed by atoms with Crippen molar-refractivity contribution in [3.05, 3.63) is 35.6 Å². The van der Waals surface area contributed by atoms with Crippen LogP contribution in [0.15, 0.2) is 24.3 Å². The van der Waals surface area contributed by atoms with Gasteiger partial charge in [-0.15, -0.1) is 0 Å². The van der Waals surface area contributed by atoms with Crippen LogP contribution < -0.4 is 5.32 Å². The molecule has 7 heteroatoms. The van der Waals surface area contributed by atoms with Gasteiger partial charge in [0, 0.05) is 36.4 Å². The van der Waals surface area contributed by atoms with Gasteiger partial charge in [0.05, 0.1) is 6.04 Å². The molecule has 1 aromatic rings. The Labute approximate surface area is 156 Å². The minimum atomic E-state index is -2.81. The second-order valence-electron chi connectivity index (χ2n) is 8.16. The summed E-state index contributed by atoms with van der Waals surface area (Å²) < 4.78 is 40.4. The van der Waals surface area contributed by atoms with E-state index in [1.165, 1.54) is 18.2 Å². The Morgan fingerprint density at radius 2 is 1.96 bits per heavy atom. The zero-order valence-corrected chi connectivity index (χ0v) is 15.0. The van der Waals surface area contributed by atoms with Crippen LogP contribution in [0.1, 0.15) is 48.9 Å². The number of hydrogen-bond donors (Lipinski definition) is 1. The van der Waals surface area contributed by atoms with Crippen LogP contribution in [0.5, 0.6) is 0 Å². The summed E-state index contributed by atoms with van der Waals surface area (Å²) in [7, 11) is 0. The van der Waals surface area contributed by atoms with Gasteiger partial charge in [0.2, 0.25) is 5.91 Å². The van der Waals surface area contributed by atoms with Crippen molar-refractivity contribution in [3.63, 3.8) is 0 Å². The lowest BCUT2D eigenvalue weighted by atomic mass is 9.76. The topological polar surface area (TPSA) is 49.4 Å². The van der Waals surface area contributed by atoms with Gasteiger partial charge in [-0.05, 0) is 43.9 Å². The Hall–Kier alpha value is -2.05. The van der Waals surface area contributed by atoms with Gasteiger partial charge < -0.3 is 10.2 Å². The second-order valence-corrected chi connectivity index (χ2v) is 8.16. The minimum Gasteiger partial charge on any atom is -0.347 e. The van der Waals surface area contributed by atoms with Crippen LogP contribution in [0.3, 0.4) is 0 Å². The average Bonchev–Trinajstić information content (AvgIpc) is 3.25. The first-order chi connectivity index (χ1) is 12.8. The smallest absolute Gasteiger partial charge is 0.267 e. The molecule has 3 atom stereocenters. The molecule has 1 heterocycles. The Morgan fingerprint density at radius 1 is 1.15 bits per heavy atom. The summed E-state index contributed by atoms with van der Waals surface area (Å²) in [6.45, 7) is 0.917. The molecule has 27 heavy (non-hydrogen) atoms. The maximum atomic E-state index is 13.5. The summed E-state index contributed by atoms with van der Waals surface area (Å²) in [6.07, 6.45) is 3.12. The van der Waals surface area contributed by atoms with Crippen LogP contribution >= 0.6 is 0 Å². The van der Waals surface area contributed by atoms with Gasteiger partial charge in [-0.1, -0.05) is 12.5 Å². The molecule has 3 aliphatic rings. The molecular formula is C20H23F3N2O2. The quantitative estimate of drug-likeness (QED) is 0.874. The van der Waals surface area contributed by atoms with Crippen molar-refractivity contribution in [2.45, 2.75) is 50.5 Å². The molecule has 2 aliphatic carbocycles. The molecule has 0 bridgehead atoms. The van der Waals surface area contributed by atoms with Crippen LogP contribution in [0.2, 0.25) is 0 Å². The number of carbonyl (C=O) groups is 2. The fraction of sp³-hybridized carbons (Fsp3) is 0.600. The molecule has 1 aliphatic heterocycles. The van der Waals surface area contributed by atoms with E-state index in [2.05, 4.69) is 5.32 Å². The third-order valence-corrected chi connectivity index (χ3v) is 6.56. The third-order valence-electron chi connectivity index (χ3n) is 6.56. The molecule has 3 fully saturated rings. The molecule has 2 saturated carbocycles. The number of benzene rings is 1. The van der Waals surface area contributed by atoms with Crippen molar-refractivity contribution in [1.82, 2.24) is 10.2 Å². The number of nitrogens with zero attached hydrogens (tertiary/aromatic N) is 1. The summed E-state index contributed by atoms with van der Waals surface area (Å²) in [5.74, 6) is -4.18. The van der Waals surface area contributed by atoms with E-state index in [4.69, 9.17) is 0 Å². The molecule has 1 spiro atoms. The van der Waals surface area contributed by atoms with Gasteiger partial charge in [0.15, 0.2) is 0 Å². The highest BCUT2D eigenvalue weighted by Gasteiger charge is 2.54. The van der Waals surface area contributed by atoms with Crippen LogP contribution in [0.25, 0.3) is 0 Å². The number of halogens is 3. The van der Waals surface area contributed by atoms with Crippen molar-refractivity contribution >= 4 is 11.8 Å². The van der Waals surface area contributed by atoms with Crippen LogP contribution in [-0.2, 0) is 4.79 Å². The molecule has 0 aromatic heterocycles. The standard InChI is InChI=1S/C20H23F3N2O2/c21-14-4-1-3-13(11-14)18(27)25-10-9-19(12-25)7-2-5-15(19)17(26)24-16-6-8-20(16,22)23/h1,3-4,11,15-16H,2,5-10,12H2,(H,24,26)/t15-,16+,19+/m0/s1. The van der Waals surface area contributed by atoms with E-state index in [9.17, 15) is 22.8 Å². The Bertz CT molecular complexity index is 769. The number of carbonyl (C=O) groups excluding carboxylic acids is 2. The first-order valence-corrected chi connectivity index (χ1v) is 9.54. The predicted octanol–water partition coefficient (Wildman–Crippen LogP) is 3.37. The van der Waals surface area contributed by atoms with Gasteiger partial charge in [-0.2, -0.15) is 0 Å². The van der Waals surface area contributed by atoms with E-state index in [-0.39, 0.29) is 29.6 Å². The lowest BCUT2D eigenvalue weighted by molar-refractivity contribution is -0.142. The molecule has 1 saturated heterocycles. The molecule has 4 rings (SSSR count). The Kier molecular flexibility index (Phi) is 4.43. The highest BCUT2D eigenvalue weighted by atomic mass is 19.3. The van der Waals surface area contributed by atoms with Crippen LogP contribution in [-0.4, -0.2) is 41.8 Å². The molecule has 146 valence electrons. The SMILES string of the molecule is O=C(N[C@@H]1CCC1(F)F)[C@@H]1CCC[C@]12CCN(C(=O)c1cccc(F)c1)C2. The molecule has 0 radical (unpaired) electrons. The van der Waals surface area contributed by atoms with Crippen LogP contribution in [0, 0.1) is 17.2 Å². The second kappa shape index (κ2) is 6.53. The van der Waals surface area contributed by atoms with Gasteiger partial charge in [0.25, 0.3) is 11.8 Å². The number of hydrogen-bond acceptors (Lipinski definition) is 2. The zero-order valence-electron chi connectivity index (χ0n) is 15.0. The van der Waals surface area contributed by atoms with Crippen molar-refractivity contribution in [2.24, 2.45) is 11.3 Å². The van der Waals surface area contributed by atoms with Crippen LogP contribution in [0.4, 0.5) is 13.2 Å². The summed E-state index contributed by atoms with van der Waals surface area (Å²) in [5, 5.41) is 2.54. The van der Waals surface area contributed by atoms with E-state index in [1.807, 2.05) is 0 Å². The van der Waals surface area contributed by atoms with E-state index < -0.39 is 17.8 Å².